The molecule has 2 aromatic rings. The molecule has 172 valence electrons. The van der Waals surface area contributed by atoms with Crippen LogP contribution in [0, 0.1) is 11.2 Å². The number of hydrogen-bond donors (Lipinski definition) is 3. The summed E-state index contributed by atoms with van der Waals surface area (Å²) >= 11 is 0. The summed E-state index contributed by atoms with van der Waals surface area (Å²) in [6.07, 6.45) is 5.98. The molecule has 0 aliphatic heterocycles. The Bertz CT molecular complexity index is 927. The molecule has 0 saturated heterocycles. The highest BCUT2D eigenvalue weighted by molar-refractivity contribution is 5.98. The van der Waals surface area contributed by atoms with E-state index >= 15 is 0 Å². The highest BCUT2D eigenvalue weighted by Gasteiger charge is 2.51. The number of unbranched alkanes of at least 4 members (excludes halogenated alkanes) is 3. The van der Waals surface area contributed by atoms with Gasteiger partial charge in [-0.25, -0.2) is 4.39 Å². The second-order valence-corrected chi connectivity index (χ2v) is 8.83. The summed E-state index contributed by atoms with van der Waals surface area (Å²) in [6, 6.07) is 13.1. The molecule has 2 aromatic carbocycles. The fraction of sp³-hybridized carbons (Fsp3) is 0.462. The molecule has 1 unspecified atom stereocenters. The Morgan fingerprint density at radius 2 is 1.72 bits per heavy atom. The van der Waals surface area contributed by atoms with Crippen LogP contribution in [0.1, 0.15) is 63.0 Å². The van der Waals surface area contributed by atoms with E-state index in [4.69, 9.17) is 0 Å². The average Bonchev–Trinajstić information content (AvgIpc) is 3.23. The Morgan fingerprint density at radius 1 is 1.03 bits per heavy atom. The van der Waals surface area contributed by atoms with E-state index in [0.29, 0.717) is 13.0 Å². The molecule has 0 aromatic heterocycles. The number of carbonyl (C=O) groups is 2. The van der Waals surface area contributed by atoms with Crippen LogP contribution in [-0.4, -0.2) is 28.2 Å². The zero-order valence-corrected chi connectivity index (χ0v) is 18.6. The summed E-state index contributed by atoms with van der Waals surface area (Å²) < 4.78 is 14.5. The summed E-state index contributed by atoms with van der Waals surface area (Å²) in [5.74, 6) is -2.69. The quantitative estimate of drug-likeness (QED) is 0.320. The third-order valence-electron chi connectivity index (χ3n) is 6.57. The van der Waals surface area contributed by atoms with Gasteiger partial charge in [0.05, 0.1) is 0 Å². The number of aryl methyl sites for hydroxylation is 1. The van der Waals surface area contributed by atoms with Gasteiger partial charge in [0.25, 0.3) is 0 Å². The molecule has 3 N–H and O–H groups in total. The zero-order chi connectivity index (χ0) is 23.1. The highest BCUT2D eigenvalue weighted by atomic mass is 19.1. The average molecular weight is 442 g/mol. The molecule has 1 aliphatic rings. The smallest absolute Gasteiger partial charge is 0.321 e. The molecule has 1 fully saturated rings. The highest BCUT2D eigenvalue weighted by Crippen LogP contribution is 2.39. The standard InChI is InChI=1S/C26H32FNO4/c1-2-3-4-5-6-20-11-12-21(15-23(20)27)19-9-7-18(8-10-19)17-28-22-13-14-26(16-22,24(29)30)25(31)32/h7-12,15,22,28H,2-6,13-14,16-17H2,1H3,(H,29,30)(H,31,32). The Hall–Kier alpha value is -2.73. The fourth-order valence-electron chi connectivity index (χ4n) is 4.45. The maximum atomic E-state index is 14.5. The van der Waals surface area contributed by atoms with Gasteiger partial charge in [0, 0.05) is 12.6 Å². The van der Waals surface area contributed by atoms with Crippen molar-refractivity contribution in [2.75, 3.05) is 0 Å². The number of rotatable bonds is 11. The van der Waals surface area contributed by atoms with Crippen molar-refractivity contribution >= 4 is 11.9 Å². The van der Waals surface area contributed by atoms with E-state index in [-0.39, 0.29) is 24.7 Å². The third-order valence-corrected chi connectivity index (χ3v) is 6.57. The molecule has 0 amide bonds. The van der Waals surface area contributed by atoms with Crippen LogP contribution in [0.2, 0.25) is 0 Å². The minimum atomic E-state index is -1.69. The predicted octanol–water partition coefficient (Wildman–Crippen LogP) is 5.41. The predicted molar refractivity (Wildman–Crippen MR) is 122 cm³/mol. The van der Waals surface area contributed by atoms with Gasteiger partial charge < -0.3 is 15.5 Å². The number of carboxylic acids is 2. The van der Waals surface area contributed by atoms with E-state index < -0.39 is 17.4 Å². The third kappa shape index (κ3) is 5.54. The summed E-state index contributed by atoms with van der Waals surface area (Å²) in [6.45, 7) is 2.68. The van der Waals surface area contributed by atoms with Crippen molar-refractivity contribution in [3.05, 3.63) is 59.4 Å². The van der Waals surface area contributed by atoms with Crippen LogP contribution in [0.3, 0.4) is 0 Å². The lowest BCUT2D eigenvalue weighted by molar-refractivity contribution is -0.164. The number of nitrogens with one attached hydrogen (secondary N) is 1. The Morgan fingerprint density at radius 3 is 2.31 bits per heavy atom. The van der Waals surface area contributed by atoms with Gasteiger partial charge >= 0.3 is 11.9 Å². The summed E-state index contributed by atoms with van der Waals surface area (Å²) in [5.41, 5.74) is 1.85. The molecule has 5 nitrogen and oxygen atoms in total. The largest absolute Gasteiger partial charge is 0.480 e. The van der Waals surface area contributed by atoms with E-state index in [1.165, 1.54) is 12.8 Å². The van der Waals surface area contributed by atoms with E-state index in [9.17, 15) is 24.2 Å². The number of benzene rings is 2. The molecule has 1 saturated carbocycles. The first kappa shape index (κ1) is 23.9. The van der Waals surface area contributed by atoms with Crippen molar-refractivity contribution < 1.29 is 24.2 Å². The van der Waals surface area contributed by atoms with Crippen LogP contribution < -0.4 is 5.32 Å². The molecule has 0 radical (unpaired) electrons. The Balaban J connectivity index is 1.56. The lowest BCUT2D eigenvalue weighted by Gasteiger charge is -2.19. The molecule has 3 rings (SSSR count). The first-order valence-electron chi connectivity index (χ1n) is 11.4. The summed E-state index contributed by atoms with van der Waals surface area (Å²) in [5, 5.41) is 22.0. The minimum Gasteiger partial charge on any atom is -0.480 e. The molecule has 32 heavy (non-hydrogen) atoms. The fourth-order valence-corrected chi connectivity index (χ4v) is 4.45. The van der Waals surface area contributed by atoms with Crippen LogP contribution in [0.25, 0.3) is 11.1 Å². The normalized spacial score (nSPS) is 17.4. The molecule has 0 heterocycles. The molecular weight excluding hydrogens is 409 g/mol. The molecular formula is C26H32FNO4. The molecule has 1 aliphatic carbocycles. The first-order valence-corrected chi connectivity index (χ1v) is 11.4. The van der Waals surface area contributed by atoms with Gasteiger partial charge in [0.15, 0.2) is 5.41 Å². The topological polar surface area (TPSA) is 86.6 Å². The summed E-state index contributed by atoms with van der Waals surface area (Å²) in [4.78, 5) is 22.9. The lowest BCUT2D eigenvalue weighted by Crippen LogP contribution is -2.39. The van der Waals surface area contributed by atoms with Gasteiger partial charge in [-0.15, -0.1) is 0 Å². The Labute approximate surface area is 188 Å². The molecule has 0 bridgehead atoms. The van der Waals surface area contributed by atoms with E-state index in [1.807, 2.05) is 36.4 Å². The monoisotopic (exact) mass is 441 g/mol. The van der Waals surface area contributed by atoms with Crippen molar-refractivity contribution in [3.8, 4) is 11.1 Å². The SMILES string of the molecule is CCCCCCc1ccc(-c2ccc(CNC3CCC(C(=O)O)(C(=O)O)C3)cc2)cc1F. The number of hydrogen-bond acceptors (Lipinski definition) is 3. The molecule has 1 atom stereocenters. The van der Waals surface area contributed by atoms with Crippen LogP contribution in [0.4, 0.5) is 4.39 Å². The summed E-state index contributed by atoms with van der Waals surface area (Å²) in [7, 11) is 0. The number of carboxylic acid groups (broad SMARTS) is 2. The van der Waals surface area contributed by atoms with E-state index in [0.717, 1.165) is 41.5 Å². The van der Waals surface area contributed by atoms with Gasteiger partial charge in [0.2, 0.25) is 0 Å². The van der Waals surface area contributed by atoms with Crippen LogP contribution in [0.5, 0.6) is 0 Å². The number of halogens is 1. The van der Waals surface area contributed by atoms with Crippen LogP contribution >= 0.6 is 0 Å². The van der Waals surface area contributed by atoms with Crippen molar-refractivity contribution in [2.24, 2.45) is 5.41 Å². The van der Waals surface area contributed by atoms with E-state index in [1.54, 1.807) is 6.07 Å². The first-order chi connectivity index (χ1) is 15.4. The van der Waals surface area contributed by atoms with Gasteiger partial charge in [-0.05, 0) is 60.4 Å². The van der Waals surface area contributed by atoms with Crippen LogP contribution in [-0.2, 0) is 22.6 Å². The van der Waals surface area contributed by atoms with Gasteiger partial charge in [-0.1, -0.05) is 62.6 Å². The van der Waals surface area contributed by atoms with Gasteiger partial charge in [-0.2, -0.15) is 0 Å². The second kappa shape index (κ2) is 10.7. The maximum Gasteiger partial charge on any atom is 0.321 e. The van der Waals surface area contributed by atoms with Gasteiger partial charge in [0.1, 0.15) is 5.82 Å². The van der Waals surface area contributed by atoms with Crippen LogP contribution in [0.15, 0.2) is 42.5 Å². The lowest BCUT2D eigenvalue weighted by atomic mass is 9.86. The van der Waals surface area contributed by atoms with Crippen molar-refractivity contribution in [3.63, 3.8) is 0 Å². The zero-order valence-electron chi connectivity index (χ0n) is 18.6. The molecule has 6 heteroatoms. The van der Waals surface area contributed by atoms with Crippen molar-refractivity contribution in [1.82, 2.24) is 5.32 Å². The number of aliphatic carboxylic acids is 2. The van der Waals surface area contributed by atoms with Crippen molar-refractivity contribution in [1.29, 1.82) is 0 Å². The second-order valence-electron chi connectivity index (χ2n) is 8.83. The minimum absolute atomic E-state index is 0.0832. The molecule has 0 spiro atoms. The van der Waals surface area contributed by atoms with E-state index in [2.05, 4.69) is 12.2 Å². The Kier molecular flexibility index (Phi) is 8.02. The van der Waals surface area contributed by atoms with Crippen molar-refractivity contribution in [2.45, 2.75) is 70.9 Å². The van der Waals surface area contributed by atoms with Gasteiger partial charge in [-0.3, -0.25) is 9.59 Å². The maximum absolute atomic E-state index is 14.5.